The van der Waals surface area contributed by atoms with Crippen molar-refractivity contribution in [2.75, 3.05) is 35.2 Å². The minimum atomic E-state index is -0.164. The van der Waals surface area contributed by atoms with Gasteiger partial charge in [-0.1, -0.05) is 29.8 Å². The number of benzene rings is 1. The Bertz CT molecular complexity index is 903. The van der Waals surface area contributed by atoms with Gasteiger partial charge in [0.15, 0.2) is 0 Å². The summed E-state index contributed by atoms with van der Waals surface area (Å²) in [5.41, 5.74) is 2.58. The van der Waals surface area contributed by atoms with Gasteiger partial charge in [0.1, 0.15) is 11.6 Å². The fourth-order valence-electron chi connectivity index (χ4n) is 3.86. The molecule has 1 saturated heterocycles. The monoisotopic (exact) mass is 396 g/mol. The number of amides is 1. The van der Waals surface area contributed by atoms with Crippen LogP contribution in [0.3, 0.4) is 0 Å². The second kappa shape index (κ2) is 8.23. The molecule has 3 aliphatic heterocycles. The summed E-state index contributed by atoms with van der Waals surface area (Å²) in [7, 11) is 0. The van der Waals surface area contributed by atoms with Crippen molar-refractivity contribution in [2.24, 2.45) is 5.92 Å². The molecule has 28 heavy (non-hydrogen) atoms. The van der Waals surface area contributed by atoms with Crippen LogP contribution >= 0.6 is 11.6 Å². The summed E-state index contributed by atoms with van der Waals surface area (Å²) >= 11 is 6.26. The van der Waals surface area contributed by atoms with Gasteiger partial charge in [0, 0.05) is 24.7 Å². The zero-order valence-corrected chi connectivity index (χ0v) is 16.8. The second-order valence-electron chi connectivity index (χ2n) is 7.50. The molecule has 5 nitrogen and oxygen atoms in total. The summed E-state index contributed by atoms with van der Waals surface area (Å²) in [5.74, 6) is 1.84. The molecule has 4 bridgehead atoms. The highest BCUT2D eigenvalue weighted by molar-refractivity contribution is 6.31. The van der Waals surface area contributed by atoms with Crippen molar-refractivity contribution in [3.8, 4) is 0 Å². The number of fused-ring (bicyclic) bond motifs is 6. The maximum absolute atomic E-state index is 13.0. The number of carbonyl (C=O) groups excluding carboxylic acids is 1. The molecule has 3 aliphatic rings. The third-order valence-electron chi connectivity index (χ3n) is 5.52. The second-order valence-corrected chi connectivity index (χ2v) is 7.93. The van der Waals surface area contributed by atoms with Crippen molar-refractivity contribution in [1.29, 1.82) is 0 Å². The molecule has 1 amide bonds. The number of carbonyl (C=O) groups is 1. The van der Waals surface area contributed by atoms with Gasteiger partial charge in [-0.15, -0.1) is 0 Å². The molecule has 2 N–H and O–H groups in total. The molecule has 0 unspecified atom stereocenters. The highest BCUT2D eigenvalue weighted by Crippen LogP contribution is 2.31. The predicted octanol–water partition coefficient (Wildman–Crippen LogP) is 4.88. The Labute approximate surface area is 170 Å². The molecule has 2 aromatic rings. The molecule has 0 aliphatic carbocycles. The van der Waals surface area contributed by atoms with E-state index in [2.05, 4.69) is 32.7 Å². The van der Waals surface area contributed by atoms with Crippen LogP contribution in [0.5, 0.6) is 0 Å². The third kappa shape index (κ3) is 4.14. The van der Waals surface area contributed by atoms with Crippen molar-refractivity contribution in [1.82, 2.24) is 4.98 Å². The van der Waals surface area contributed by atoms with Crippen molar-refractivity contribution >= 4 is 34.8 Å². The van der Waals surface area contributed by atoms with E-state index in [4.69, 9.17) is 11.6 Å². The highest BCUT2D eigenvalue weighted by atomic mass is 35.5. The molecule has 0 saturated carbocycles. The summed E-state index contributed by atoms with van der Waals surface area (Å²) in [4.78, 5) is 19.9. The minimum absolute atomic E-state index is 0.164. The van der Waals surface area contributed by atoms with Gasteiger partial charge in [-0.25, -0.2) is 4.98 Å². The first-order valence-corrected chi connectivity index (χ1v) is 10.2. The van der Waals surface area contributed by atoms with Gasteiger partial charge >= 0.3 is 0 Å². The van der Waals surface area contributed by atoms with Gasteiger partial charge in [-0.05, 0) is 61.9 Å². The summed E-state index contributed by atoms with van der Waals surface area (Å²) in [6, 6.07) is 9.27. The van der Waals surface area contributed by atoms with Gasteiger partial charge in [-0.2, -0.15) is 0 Å². The first-order valence-electron chi connectivity index (χ1n) is 9.82. The Morgan fingerprint density at radius 3 is 2.79 bits per heavy atom. The lowest BCUT2D eigenvalue weighted by molar-refractivity contribution is 0.102. The number of nitrogens with one attached hydrogen (secondary N) is 2. The van der Waals surface area contributed by atoms with E-state index in [-0.39, 0.29) is 5.91 Å². The van der Waals surface area contributed by atoms with Crippen LogP contribution in [0.2, 0.25) is 5.02 Å². The van der Waals surface area contributed by atoms with E-state index < -0.39 is 0 Å². The van der Waals surface area contributed by atoms with Gasteiger partial charge in [-0.3, -0.25) is 4.79 Å². The normalized spacial score (nSPS) is 18.9. The Kier molecular flexibility index (Phi) is 5.53. The third-order valence-corrected chi connectivity index (χ3v) is 5.76. The van der Waals surface area contributed by atoms with Crippen LogP contribution in [-0.4, -0.2) is 30.5 Å². The molecule has 4 heterocycles. The number of piperidine rings is 1. The number of nitrogens with zero attached hydrogens (tertiary/aromatic N) is 2. The number of rotatable bonds is 0. The maximum Gasteiger partial charge on any atom is 0.258 e. The molecule has 1 aromatic carbocycles. The van der Waals surface area contributed by atoms with E-state index in [1.807, 2.05) is 25.1 Å². The number of aromatic nitrogens is 1. The van der Waals surface area contributed by atoms with Crippen LogP contribution in [0.25, 0.3) is 0 Å². The van der Waals surface area contributed by atoms with E-state index in [9.17, 15) is 4.79 Å². The molecular weight excluding hydrogens is 372 g/mol. The Morgan fingerprint density at radius 2 is 1.96 bits per heavy atom. The van der Waals surface area contributed by atoms with Crippen molar-refractivity contribution in [3.05, 3.63) is 58.6 Å². The maximum atomic E-state index is 13.0. The van der Waals surface area contributed by atoms with Gasteiger partial charge in [0.25, 0.3) is 5.91 Å². The molecule has 0 atom stereocenters. The van der Waals surface area contributed by atoms with Crippen LogP contribution in [-0.2, 0) is 0 Å². The number of allylic oxidation sites excluding steroid dienone is 1. The molecule has 146 valence electrons. The summed E-state index contributed by atoms with van der Waals surface area (Å²) in [5, 5.41) is 6.93. The van der Waals surface area contributed by atoms with Crippen LogP contribution in [0.1, 0.15) is 35.2 Å². The average molecular weight is 397 g/mol. The fraction of sp³-hybridized carbons (Fsp3) is 0.364. The standard InChI is InChI=1S/C22H25ClN4O/c1-15-5-8-20-25-21(15)24-11-3-2-4-16-9-12-27(13-10-16)19-14-17(23)6-7-18(19)22(28)26-20/h2-3,5-8,14,16H,4,9-13H2,1H3,(H2,24,25,26,28)/b3-2+. The quantitative estimate of drug-likeness (QED) is 0.623. The van der Waals surface area contributed by atoms with Gasteiger partial charge < -0.3 is 15.5 Å². The first kappa shape index (κ1) is 18.8. The molecule has 1 fully saturated rings. The predicted molar refractivity (Wildman–Crippen MR) is 116 cm³/mol. The van der Waals surface area contributed by atoms with E-state index in [1.165, 1.54) is 0 Å². The number of pyridine rings is 1. The highest BCUT2D eigenvalue weighted by Gasteiger charge is 2.23. The lowest BCUT2D eigenvalue weighted by Crippen LogP contribution is -2.35. The molecule has 1 aromatic heterocycles. The lowest BCUT2D eigenvalue weighted by atomic mass is 9.92. The zero-order chi connectivity index (χ0) is 19.5. The fourth-order valence-corrected chi connectivity index (χ4v) is 4.02. The SMILES string of the molecule is Cc1ccc2nc1NC/C=C/CC1CCN(CC1)c1cc(Cl)ccc1C(=O)N2. The van der Waals surface area contributed by atoms with E-state index >= 15 is 0 Å². The van der Waals surface area contributed by atoms with Crippen LogP contribution in [0.15, 0.2) is 42.5 Å². The molecule has 0 spiro atoms. The van der Waals surface area contributed by atoms with Crippen LogP contribution in [0.4, 0.5) is 17.3 Å². The molecule has 0 radical (unpaired) electrons. The first-order chi connectivity index (χ1) is 13.6. The number of hydrogen-bond donors (Lipinski definition) is 2. The average Bonchev–Trinajstić information content (AvgIpc) is 2.69. The van der Waals surface area contributed by atoms with Crippen LogP contribution < -0.4 is 15.5 Å². The summed E-state index contributed by atoms with van der Waals surface area (Å²) in [6.45, 7) is 4.60. The molecule has 6 heteroatoms. The van der Waals surface area contributed by atoms with E-state index in [1.54, 1.807) is 12.1 Å². The largest absolute Gasteiger partial charge is 0.371 e. The smallest absolute Gasteiger partial charge is 0.258 e. The Morgan fingerprint density at radius 1 is 1.14 bits per heavy atom. The molecular formula is C22H25ClN4O. The number of halogens is 1. The van der Waals surface area contributed by atoms with Gasteiger partial charge in [0.2, 0.25) is 0 Å². The zero-order valence-electron chi connectivity index (χ0n) is 16.0. The Balaban J connectivity index is 1.71. The number of hydrogen-bond acceptors (Lipinski definition) is 4. The topological polar surface area (TPSA) is 57.3 Å². The van der Waals surface area contributed by atoms with Gasteiger partial charge in [0.05, 0.1) is 11.3 Å². The summed E-state index contributed by atoms with van der Waals surface area (Å²) in [6.07, 6.45) is 7.76. The Hall–Kier alpha value is -2.53. The van der Waals surface area contributed by atoms with E-state index in [0.29, 0.717) is 22.3 Å². The minimum Gasteiger partial charge on any atom is -0.371 e. The van der Waals surface area contributed by atoms with E-state index in [0.717, 1.165) is 56.0 Å². The van der Waals surface area contributed by atoms with Crippen LogP contribution in [0, 0.1) is 12.8 Å². The molecule has 5 rings (SSSR count). The van der Waals surface area contributed by atoms with Crippen molar-refractivity contribution < 1.29 is 4.79 Å². The summed E-state index contributed by atoms with van der Waals surface area (Å²) < 4.78 is 0. The number of anilines is 3. The number of aryl methyl sites for hydroxylation is 1. The van der Waals surface area contributed by atoms with Crippen molar-refractivity contribution in [2.45, 2.75) is 26.2 Å². The lowest BCUT2D eigenvalue weighted by Gasteiger charge is -2.34. The van der Waals surface area contributed by atoms with Crippen molar-refractivity contribution in [3.63, 3.8) is 0 Å².